The van der Waals surface area contributed by atoms with Crippen molar-refractivity contribution in [2.75, 3.05) is 12.3 Å². The molecule has 4 heteroatoms. The molecule has 3 nitrogen and oxygen atoms in total. The average molecular weight is 207 g/mol. The summed E-state index contributed by atoms with van der Waals surface area (Å²) >= 11 is 1.68. The summed E-state index contributed by atoms with van der Waals surface area (Å²) in [4.78, 5) is 1.12. The van der Waals surface area contributed by atoms with Crippen molar-refractivity contribution in [3.8, 4) is 0 Å². The fraction of sp³-hybridized carbons (Fsp3) is 0.200. The lowest BCUT2D eigenvalue weighted by atomic mass is 10.2. The number of anilines is 1. The number of hydrogen-bond acceptors (Lipinski definition) is 4. The highest BCUT2D eigenvalue weighted by atomic mass is 32.1. The van der Waals surface area contributed by atoms with E-state index in [1.165, 1.54) is 4.70 Å². The first-order chi connectivity index (χ1) is 6.70. The van der Waals surface area contributed by atoms with Crippen LogP contribution in [0.1, 0.15) is 10.9 Å². The molecule has 0 fully saturated rings. The predicted molar refractivity (Wildman–Crippen MR) is 62.2 cm³/mol. The molecule has 2 aromatic rings. The second-order valence-electron chi connectivity index (χ2n) is 3.29. The summed E-state index contributed by atoms with van der Waals surface area (Å²) in [5, 5.41) is 1.15. The monoisotopic (exact) mass is 207 g/mol. The van der Waals surface area contributed by atoms with Crippen LogP contribution in [-0.2, 0) is 0 Å². The van der Waals surface area contributed by atoms with Gasteiger partial charge in [-0.3, -0.25) is 0 Å². The molecule has 0 saturated carbocycles. The van der Waals surface area contributed by atoms with Crippen molar-refractivity contribution in [2.45, 2.75) is 6.04 Å². The third kappa shape index (κ3) is 1.59. The van der Waals surface area contributed by atoms with Gasteiger partial charge in [-0.15, -0.1) is 11.3 Å². The predicted octanol–water partition coefficient (Wildman–Crippen LogP) is 1.44. The van der Waals surface area contributed by atoms with E-state index in [2.05, 4.69) is 6.07 Å². The summed E-state index contributed by atoms with van der Waals surface area (Å²) in [7, 11) is 0. The molecule has 1 aromatic heterocycles. The molecular formula is C10H13N3S. The van der Waals surface area contributed by atoms with Gasteiger partial charge in [0, 0.05) is 21.8 Å². The molecule has 0 radical (unpaired) electrons. The summed E-state index contributed by atoms with van der Waals surface area (Å²) in [5.41, 5.74) is 17.8. The van der Waals surface area contributed by atoms with E-state index in [0.29, 0.717) is 6.54 Å². The summed E-state index contributed by atoms with van der Waals surface area (Å²) in [6.45, 7) is 0.475. The van der Waals surface area contributed by atoms with E-state index in [1.54, 1.807) is 11.3 Å². The molecule has 1 heterocycles. The van der Waals surface area contributed by atoms with Crippen molar-refractivity contribution in [1.29, 1.82) is 0 Å². The third-order valence-corrected chi connectivity index (χ3v) is 3.43. The topological polar surface area (TPSA) is 78.1 Å². The highest BCUT2D eigenvalue weighted by Gasteiger charge is 2.07. The quantitative estimate of drug-likeness (QED) is 0.652. The van der Waals surface area contributed by atoms with Crippen LogP contribution in [-0.4, -0.2) is 6.54 Å². The van der Waals surface area contributed by atoms with Gasteiger partial charge in [0.15, 0.2) is 0 Å². The zero-order valence-corrected chi connectivity index (χ0v) is 8.55. The van der Waals surface area contributed by atoms with Gasteiger partial charge in [-0.2, -0.15) is 0 Å². The highest BCUT2D eigenvalue weighted by molar-refractivity contribution is 7.19. The first-order valence-corrected chi connectivity index (χ1v) is 5.27. The summed E-state index contributed by atoms with van der Waals surface area (Å²) < 4.78 is 1.21. The zero-order valence-electron chi connectivity index (χ0n) is 7.73. The van der Waals surface area contributed by atoms with Gasteiger partial charge in [0.05, 0.1) is 6.04 Å². The van der Waals surface area contributed by atoms with Crippen molar-refractivity contribution in [3.05, 3.63) is 29.1 Å². The van der Waals surface area contributed by atoms with Gasteiger partial charge in [-0.05, 0) is 29.7 Å². The lowest BCUT2D eigenvalue weighted by Crippen LogP contribution is -2.19. The molecule has 14 heavy (non-hydrogen) atoms. The van der Waals surface area contributed by atoms with Gasteiger partial charge >= 0.3 is 0 Å². The van der Waals surface area contributed by atoms with Crippen LogP contribution in [0.5, 0.6) is 0 Å². The number of benzene rings is 1. The molecule has 0 aliphatic rings. The summed E-state index contributed by atoms with van der Waals surface area (Å²) in [6.07, 6.45) is 0. The molecule has 1 aromatic carbocycles. The molecule has 0 saturated heterocycles. The standard InChI is InChI=1S/C10H13N3S/c11-5-8(13)10-4-6-3-7(12)1-2-9(6)14-10/h1-4,8H,5,11-13H2/t8-/m1/s1. The lowest BCUT2D eigenvalue weighted by molar-refractivity contribution is 0.752. The molecule has 74 valence electrons. The van der Waals surface area contributed by atoms with Crippen LogP contribution in [0.15, 0.2) is 24.3 Å². The van der Waals surface area contributed by atoms with E-state index in [-0.39, 0.29) is 6.04 Å². The van der Waals surface area contributed by atoms with E-state index < -0.39 is 0 Å². The molecule has 0 unspecified atom stereocenters. The van der Waals surface area contributed by atoms with Crippen LogP contribution < -0.4 is 17.2 Å². The minimum Gasteiger partial charge on any atom is -0.399 e. The van der Waals surface area contributed by atoms with Crippen LogP contribution in [0.25, 0.3) is 10.1 Å². The molecule has 0 aliphatic carbocycles. The highest BCUT2D eigenvalue weighted by Crippen LogP contribution is 2.29. The molecule has 0 amide bonds. The Labute approximate surface area is 86.5 Å². The number of nitrogens with two attached hydrogens (primary N) is 3. The van der Waals surface area contributed by atoms with Gasteiger partial charge in [0.1, 0.15) is 0 Å². The van der Waals surface area contributed by atoms with Crippen LogP contribution in [0.3, 0.4) is 0 Å². The lowest BCUT2D eigenvalue weighted by Gasteiger charge is -2.02. The average Bonchev–Trinajstić information content (AvgIpc) is 2.59. The van der Waals surface area contributed by atoms with E-state index in [0.717, 1.165) is 16.0 Å². The van der Waals surface area contributed by atoms with Gasteiger partial charge in [-0.1, -0.05) is 0 Å². The molecular weight excluding hydrogens is 194 g/mol. The second kappa shape index (κ2) is 3.57. The molecule has 0 aliphatic heterocycles. The van der Waals surface area contributed by atoms with Gasteiger partial charge in [0.2, 0.25) is 0 Å². The van der Waals surface area contributed by atoms with Gasteiger partial charge in [-0.25, -0.2) is 0 Å². The Kier molecular flexibility index (Phi) is 2.41. The Bertz CT molecular complexity index is 450. The normalized spacial score (nSPS) is 13.3. The Balaban J connectivity index is 2.51. The fourth-order valence-corrected chi connectivity index (χ4v) is 2.44. The number of nitrogen functional groups attached to an aromatic ring is 1. The summed E-state index contributed by atoms with van der Waals surface area (Å²) in [5.74, 6) is 0. The van der Waals surface area contributed by atoms with Gasteiger partial charge in [0.25, 0.3) is 0 Å². The van der Waals surface area contributed by atoms with Crippen molar-refractivity contribution < 1.29 is 0 Å². The van der Waals surface area contributed by atoms with Crippen molar-refractivity contribution in [1.82, 2.24) is 0 Å². The van der Waals surface area contributed by atoms with Gasteiger partial charge < -0.3 is 17.2 Å². The first-order valence-electron chi connectivity index (χ1n) is 4.45. The Hall–Kier alpha value is -1.10. The van der Waals surface area contributed by atoms with Crippen molar-refractivity contribution in [3.63, 3.8) is 0 Å². The number of fused-ring (bicyclic) bond motifs is 1. The van der Waals surface area contributed by atoms with Crippen molar-refractivity contribution >= 4 is 27.1 Å². The molecule has 0 bridgehead atoms. The number of rotatable bonds is 2. The maximum atomic E-state index is 5.85. The fourth-order valence-electron chi connectivity index (χ4n) is 1.38. The van der Waals surface area contributed by atoms with Crippen LogP contribution in [0.4, 0.5) is 5.69 Å². The van der Waals surface area contributed by atoms with E-state index in [4.69, 9.17) is 17.2 Å². The minimum atomic E-state index is -0.0615. The Morgan fingerprint density at radius 3 is 2.79 bits per heavy atom. The molecule has 0 spiro atoms. The van der Waals surface area contributed by atoms with E-state index in [1.807, 2.05) is 18.2 Å². The van der Waals surface area contributed by atoms with E-state index >= 15 is 0 Å². The Morgan fingerprint density at radius 2 is 2.07 bits per heavy atom. The molecule has 1 atom stereocenters. The smallest absolute Gasteiger partial charge is 0.0514 e. The maximum absolute atomic E-state index is 5.85. The minimum absolute atomic E-state index is 0.0615. The number of thiophene rings is 1. The van der Waals surface area contributed by atoms with E-state index in [9.17, 15) is 0 Å². The van der Waals surface area contributed by atoms with Crippen LogP contribution in [0, 0.1) is 0 Å². The number of hydrogen-bond donors (Lipinski definition) is 3. The Morgan fingerprint density at radius 1 is 1.29 bits per heavy atom. The molecule has 6 N–H and O–H groups in total. The van der Waals surface area contributed by atoms with Crippen LogP contribution in [0.2, 0.25) is 0 Å². The maximum Gasteiger partial charge on any atom is 0.0514 e. The second-order valence-corrected chi connectivity index (χ2v) is 4.40. The van der Waals surface area contributed by atoms with Crippen molar-refractivity contribution in [2.24, 2.45) is 11.5 Å². The first kappa shape index (κ1) is 9.45. The third-order valence-electron chi connectivity index (χ3n) is 2.18. The zero-order chi connectivity index (χ0) is 10.1. The largest absolute Gasteiger partial charge is 0.399 e. The SMILES string of the molecule is NC[C@@H](N)c1cc2cc(N)ccc2s1. The van der Waals surface area contributed by atoms with Crippen LogP contribution >= 0.6 is 11.3 Å². The molecule has 2 rings (SSSR count). The summed E-state index contributed by atoms with van der Waals surface area (Å²) in [6, 6.07) is 7.87.